The van der Waals surface area contributed by atoms with Gasteiger partial charge in [-0.1, -0.05) is 66.2 Å². The van der Waals surface area contributed by atoms with Gasteiger partial charge in [0.2, 0.25) is 0 Å². The van der Waals surface area contributed by atoms with Gasteiger partial charge in [-0.2, -0.15) is 0 Å². The molecule has 6 heteroatoms. The molecule has 0 unspecified atom stereocenters. The Morgan fingerprint density at radius 2 is 1.54 bits per heavy atom. The molecule has 0 fully saturated rings. The highest BCUT2D eigenvalue weighted by Crippen LogP contribution is 2.44. The van der Waals surface area contributed by atoms with Crippen molar-refractivity contribution in [2.24, 2.45) is 0 Å². The SMILES string of the molecule is O=C(Nc1cccc(Cl)c1C(=O)O)OCC1c2ccccc2-c2ccccc21. The third-order valence-corrected chi connectivity index (χ3v) is 5.12. The van der Waals surface area contributed by atoms with E-state index in [0.717, 1.165) is 22.3 Å². The Kier molecular flexibility index (Phi) is 4.75. The maximum absolute atomic E-state index is 12.3. The second kappa shape index (κ2) is 7.37. The van der Waals surface area contributed by atoms with Crippen LogP contribution >= 0.6 is 11.6 Å². The molecule has 0 bridgehead atoms. The lowest BCUT2D eigenvalue weighted by Crippen LogP contribution is -2.19. The molecular weight excluding hydrogens is 378 g/mol. The summed E-state index contributed by atoms with van der Waals surface area (Å²) in [5.74, 6) is -1.30. The molecule has 140 valence electrons. The van der Waals surface area contributed by atoms with E-state index in [1.54, 1.807) is 6.07 Å². The summed E-state index contributed by atoms with van der Waals surface area (Å²) in [7, 11) is 0. The van der Waals surface area contributed by atoms with E-state index in [1.807, 2.05) is 36.4 Å². The molecule has 0 saturated heterocycles. The number of halogens is 1. The normalized spacial score (nSPS) is 12.2. The predicted octanol–water partition coefficient (Wildman–Crippen LogP) is 5.40. The van der Waals surface area contributed by atoms with Crippen LogP contribution in [-0.2, 0) is 4.74 Å². The first-order chi connectivity index (χ1) is 13.6. The first-order valence-corrected chi connectivity index (χ1v) is 9.08. The molecule has 3 aromatic carbocycles. The Hall–Kier alpha value is -3.31. The lowest BCUT2D eigenvalue weighted by molar-refractivity contribution is 0.0698. The number of carbonyl (C=O) groups excluding carboxylic acids is 1. The van der Waals surface area contributed by atoms with Crippen LogP contribution in [-0.4, -0.2) is 23.8 Å². The number of rotatable bonds is 4. The molecule has 2 N–H and O–H groups in total. The highest BCUT2D eigenvalue weighted by molar-refractivity contribution is 6.34. The van der Waals surface area contributed by atoms with E-state index in [1.165, 1.54) is 12.1 Å². The molecule has 4 rings (SSSR count). The number of hydrogen-bond donors (Lipinski definition) is 2. The first-order valence-electron chi connectivity index (χ1n) is 8.70. The van der Waals surface area contributed by atoms with Crippen LogP contribution in [0.4, 0.5) is 10.5 Å². The molecule has 28 heavy (non-hydrogen) atoms. The topological polar surface area (TPSA) is 75.6 Å². The van der Waals surface area contributed by atoms with Crippen molar-refractivity contribution in [1.29, 1.82) is 0 Å². The molecule has 5 nitrogen and oxygen atoms in total. The standard InChI is InChI=1S/C22H16ClNO4/c23-18-10-5-11-19(20(18)21(25)26)24-22(27)28-12-17-15-8-3-1-6-13(15)14-7-2-4-9-16(14)17/h1-11,17H,12H2,(H,24,27)(H,25,26). The van der Waals surface area contributed by atoms with E-state index in [-0.39, 0.29) is 28.8 Å². The molecule has 0 saturated carbocycles. The van der Waals surface area contributed by atoms with E-state index >= 15 is 0 Å². The van der Waals surface area contributed by atoms with Crippen LogP contribution in [0.2, 0.25) is 5.02 Å². The quantitative estimate of drug-likeness (QED) is 0.622. The fourth-order valence-corrected chi connectivity index (χ4v) is 3.85. The molecule has 1 aliphatic rings. The van der Waals surface area contributed by atoms with Gasteiger partial charge in [0.25, 0.3) is 0 Å². The zero-order chi connectivity index (χ0) is 19.7. The zero-order valence-electron chi connectivity index (χ0n) is 14.7. The van der Waals surface area contributed by atoms with Gasteiger partial charge in [-0.3, -0.25) is 5.32 Å². The molecule has 0 spiro atoms. The number of anilines is 1. The minimum absolute atomic E-state index is 0.0453. The van der Waals surface area contributed by atoms with Crippen molar-refractivity contribution in [3.8, 4) is 11.1 Å². The van der Waals surface area contributed by atoms with E-state index in [2.05, 4.69) is 17.4 Å². The number of amides is 1. The van der Waals surface area contributed by atoms with Crippen LogP contribution in [0.1, 0.15) is 27.4 Å². The summed E-state index contributed by atoms with van der Waals surface area (Å²) < 4.78 is 5.43. The number of carboxylic acids is 1. The summed E-state index contributed by atoms with van der Waals surface area (Å²) in [6, 6.07) is 20.5. The Labute approximate surface area is 166 Å². The van der Waals surface area contributed by atoms with Gasteiger partial charge in [-0.05, 0) is 34.4 Å². The van der Waals surface area contributed by atoms with Crippen molar-refractivity contribution < 1.29 is 19.4 Å². The van der Waals surface area contributed by atoms with E-state index < -0.39 is 12.1 Å². The summed E-state index contributed by atoms with van der Waals surface area (Å²) in [6.45, 7) is 0.142. The fourth-order valence-electron chi connectivity index (χ4n) is 3.59. The van der Waals surface area contributed by atoms with Gasteiger partial charge >= 0.3 is 12.1 Å². The minimum Gasteiger partial charge on any atom is -0.478 e. The van der Waals surface area contributed by atoms with Crippen LogP contribution in [0.3, 0.4) is 0 Å². The number of carboxylic acid groups (broad SMARTS) is 1. The van der Waals surface area contributed by atoms with Crippen molar-refractivity contribution in [2.75, 3.05) is 11.9 Å². The maximum Gasteiger partial charge on any atom is 0.411 e. The number of benzene rings is 3. The van der Waals surface area contributed by atoms with Crippen molar-refractivity contribution in [3.05, 3.63) is 88.4 Å². The van der Waals surface area contributed by atoms with Gasteiger partial charge in [0, 0.05) is 5.92 Å². The summed E-state index contributed by atoms with van der Waals surface area (Å²) in [6.07, 6.45) is -0.730. The van der Waals surface area contributed by atoms with Gasteiger partial charge < -0.3 is 9.84 Å². The largest absolute Gasteiger partial charge is 0.478 e. The van der Waals surface area contributed by atoms with Crippen LogP contribution in [0.5, 0.6) is 0 Å². The number of carbonyl (C=O) groups is 2. The minimum atomic E-state index is -1.22. The average Bonchev–Trinajstić information content (AvgIpc) is 3.00. The smallest absolute Gasteiger partial charge is 0.411 e. The van der Waals surface area contributed by atoms with Gasteiger partial charge in [0.15, 0.2) is 0 Å². The van der Waals surface area contributed by atoms with E-state index in [0.29, 0.717) is 0 Å². The van der Waals surface area contributed by atoms with Crippen LogP contribution in [0, 0.1) is 0 Å². The van der Waals surface area contributed by atoms with Crippen molar-refractivity contribution in [1.82, 2.24) is 0 Å². The second-order valence-corrected chi connectivity index (χ2v) is 6.83. The Balaban J connectivity index is 1.52. The second-order valence-electron chi connectivity index (χ2n) is 6.42. The van der Waals surface area contributed by atoms with Crippen molar-refractivity contribution in [3.63, 3.8) is 0 Å². The highest BCUT2D eigenvalue weighted by atomic mass is 35.5. The molecule has 1 amide bonds. The summed E-state index contributed by atoms with van der Waals surface area (Å²) >= 11 is 5.93. The fraction of sp³-hybridized carbons (Fsp3) is 0.0909. The van der Waals surface area contributed by atoms with Gasteiger partial charge in [0.1, 0.15) is 12.2 Å². The molecule has 0 aromatic heterocycles. The summed E-state index contributed by atoms with van der Waals surface area (Å²) in [5.41, 5.74) is 4.40. The van der Waals surface area contributed by atoms with Crippen molar-refractivity contribution in [2.45, 2.75) is 5.92 Å². The van der Waals surface area contributed by atoms with Crippen LogP contribution < -0.4 is 5.32 Å². The lowest BCUT2D eigenvalue weighted by Gasteiger charge is -2.15. The number of nitrogens with one attached hydrogen (secondary N) is 1. The molecule has 0 heterocycles. The first kappa shape index (κ1) is 18.1. The molecule has 0 radical (unpaired) electrons. The third-order valence-electron chi connectivity index (χ3n) is 4.81. The maximum atomic E-state index is 12.3. The lowest BCUT2D eigenvalue weighted by atomic mass is 9.98. The Bertz CT molecular complexity index is 1030. The van der Waals surface area contributed by atoms with Gasteiger partial charge in [0.05, 0.1) is 10.7 Å². The monoisotopic (exact) mass is 393 g/mol. The van der Waals surface area contributed by atoms with Crippen LogP contribution in [0.15, 0.2) is 66.7 Å². The molecule has 0 atom stereocenters. The van der Waals surface area contributed by atoms with E-state index in [4.69, 9.17) is 16.3 Å². The molecule has 1 aliphatic carbocycles. The summed E-state index contributed by atoms with van der Waals surface area (Å²) in [4.78, 5) is 23.7. The zero-order valence-corrected chi connectivity index (χ0v) is 15.4. The van der Waals surface area contributed by atoms with Crippen LogP contribution in [0.25, 0.3) is 11.1 Å². The number of ether oxygens (including phenoxy) is 1. The highest BCUT2D eigenvalue weighted by Gasteiger charge is 2.29. The average molecular weight is 394 g/mol. The number of hydrogen-bond acceptors (Lipinski definition) is 3. The molecular formula is C22H16ClNO4. The number of aromatic carboxylic acids is 1. The summed E-state index contributed by atoms with van der Waals surface area (Å²) in [5, 5.41) is 11.8. The third kappa shape index (κ3) is 3.21. The van der Waals surface area contributed by atoms with Gasteiger partial charge in [-0.25, -0.2) is 9.59 Å². The molecule has 0 aliphatic heterocycles. The Morgan fingerprint density at radius 1 is 0.929 bits per heavy atom. The molecule has 3 aromatic rings. The number of fused-ring (bicyclic) bond motifs is 3. The Morgan fingerprint density at radius 3 is 2.14 bits per heavy atom. The van der Waals surface area contributed by atoms with Gasteiger partial charge in [-0.15, -0.1) is 0 Å². The van der Waals surface area contributed by atoms with Crippen molar-refractivity contribution >= 4 is 29.4 Å². The van der Waals surface area contributed by atoms with E-state index in [9.17, 15) is 14.7 Å². The predicted molar refractivity (Wildman–Crippen MR) is 107 cm³/mol.